The molecular formula is C18H19O2P. The molecule has 0 aliphatic heterocycles. The molecule has 1 atom stereocenters. The summed E-state index contributed by atoms with van der Waals surface area (Å²) in [6, 6.07) is 13.6. The number of carbonyl (C=O) groups excluding carboxylic acids is 1. The van der Waals surface area contributed by atoms with Crippen molar-refractivity contribution in [3.05, 3.63) is 70.3 Å². The first-order valence-electron chi connectivity index (χ1n) is 7.00. The molecule has 3 heteroatoms. The van der Waals surface area contributed by atoms with E-state index in [1.165, 1.54) is 0 Å². The molecule has 0 saturated carbocycles. The molecule has 0 spiro atoms. The lowest BCUT2D eigenvalue weighted by molar-refractivity contribution is 0.0966. The van der Waals surface area contributed by atoms with E-state index in [0.29, 0.717) is 6.16 Å². The van der Waals surface area contributed by atoms with Crippen LogP contribution in [0.3, 0.4) is 0 Å². The van der Waals surface area contributed by atoms with Gasteiger partial charge in [0.05, 0.1) is 5.92 Å². The monoisotopic (exact) mass is 298 g/mol. The van der Waals surface area contributed by atoms with E-state index >= 15 is 0 Å². The largest absolute Gasteiger partial charge is 0.293 e. The van der Waals surface area contributed by atoms with Gasteiger partial charge in [0.25, 0.3) is 0 Å². The molecule has 2 aromatic rings. The van der Waals surface area contributed by atoms with Gasteiger partial charge in [0.1, 0.15) is 0 Å². The zero-order chi connectivity index (χ0) is 15.4. The Labute approximate surface area is 127 Å². The summed E-state index contributed by atoms with van der Waals surface area (Å²) in [5, 5.41) is 0. The molecule has 2 rings (SSSR count). The van der Waals surface area contributed by atoms with Crippen molar-refractivity contribution in [1.29, 1.82) is 0 Å². The summed E-state index contributed by atoms with van der Waals surface area (Å²) in [6.07, 6.45) is 0.315. The predicted molar refractivity (Wildman–Crippen MR) is 86.6 cm³/mol. The Morgan fingerprint density at radius 1 is 1.05 bits per heavy atom. The average molecular weight is 298 g/mol. The zero-order valence-corrected chi connectivity index (χ0v) is 13.5. The van der Waals surface area contributed by atoms with Gasteiger partial charge in [0.15, 0.2) is 14.2 Å². The van der Waals surface area contributed by atoms with Crippen molar-refractivity contribution in [3.8, 4) is 0 Å². The van der Waals surface area contributed by atoms with Gasteiger partial charge in [-0.1, -0.05) is 48.0 Å². The third-order valence-electron chi connectivity index (χ3n) is 3.70. The molecule has 21 heavy (non-hydrogen) atoms. The van der Waals surface area contributed by atoms with Gasteiger partial charge in [-0.3, -0.25) is 9.36 Å². The van der Waals surface area contributed by atoms with Crippen LogP contribution < -0.4 is 0 Å². The van der Waals surface area contributed by atoms with Crippen molar-refractivity contribution in [2.45, 2.75) is 26.7 Å². The highest BCUT2D eigenvalue weighted by Crippen LogP contribution is 2.28. The molecule has 0 amide bonds. The molecular weight excluding hydrogens is 279 g/mol. The van der Waals surface area contributed by atoms with E-state index in [9.17, 15) is 9.36 Å². The molecule has 1 unspecified atom stereocenters. The molecule has 0 aromatic heterocycles. The Bertz CT molecular complexity index is 639. The lowest BCUT2D eigenvalue weighted by Crippen LogP contribution is -2.17. The normalized spacial score (nSPS) is 12.3. The van der Waals surface area contributed by atoms with Crippen LogP contribution in [-0.2, 0) is 4.57 Å². The Kier molecular flexibility index (Phi) is 5.03. The molecule has 0 aliphatic rings. The molecule has 2 aromatic carbocycles. The van der Waals surface area contributed by atoms with Crippen LogP contribution in [-0.4, -0.2) is 11.9 Å². The van der Waals surface area contributed by atoms with Gasteiger partial charge in [-0.25, -0.2) is 0 Å². The molecule has 0 aliphatic carbocycles. The van der Waals surface area contributed by atoms with Crippen LogP contribution in [0.1, 0.15) is 38.5 Å². The van der Waals surface area contributed by atoms with Gasteiger partial charge in [-0.2, -0.15) is 0 Å². The van der Waals surface area contributed by atoms with E-state index in [4.69, 9.17) is 0 Å². The molecule has 2 nitrogen and oxygen atoms in total. The molecule has 0 radical (unpaired) electrons. The highest BCUT2D eigenvalue weighted by molar-refractivity contribution is 7.23. The summed E-state index contributed by atoms with van der Waals surface area (Å²) in [5.74, 6) is -0.301. The van der Waals surface area contributed by atoms with Gasteiger partial charge in [-0.15, -0.1) is 0 Å². The van der Waals surface area contributed by atoms with Gasteiger partial charge in [-0.05, 0) is 37.5 Å². The van der Waals surface area contributed by atoms with Crippen LogP contribution in [0.25, 0.3) is 0 Å². The maximum atomic E-state index is 12.9. The van der Waals surface area contributed by atoms with Crippen LogP contribution in [0.15, 0.2) is 42.5 Å². The lowest BCUT2D eigenvalue weighted by atomic mass is 9.87. The summed E-state index contributed by atoms with van der Waals surface area (Å²) >= 11 is 0. The van der Waals surface area contributed by atoms with Gasteiger partial charge < -0.3 is 0 Å². The zero-order valence-electron chi connectivity index (χ0n) is 12.6. The molecule has 0 fully saturated rings. The number of ketones is 1. The quantitative estimate of drug-likeness (QED) is 0.583. The number of carbonyl (C=O) groups is 1. The third kappa shape index (κ3) is 3.46. The number of rotatable bonds is 5. The van der Waals surface area contributed by atoms with Crippen molar-refractivity contribution in [2.24, 2.45) is 0 Å². The smallest absolute Gasteiger partial charge is 0.171 e. The van der Waals surface area contributed by atoms with Crippen LogP contribution in [0.5, 0.6) is 0 Å². The Hall–Kier alpha value is -1.79. The maximum Gasteiger partial charge on any atom is 0.171 e. The Balaban J connectivity index is 2.47. The number of benzene rings is 2. The van der Waals surface area contributed by atoms with Crippen molar-refractivity contribution in [3.63, 3.8) is 0 Å². The van der Waals surface area contributed by atoms with Gasteiger partial charge in [0.2, 0.25) is 0 Å². The second-order valence-electron chi connectivity index (χ2n) is 5.41. The number of hydrogen-bond donors (Lipinski definition) is 0. The minimum atomic E-state index is -0.356. The first kappa shape index (κ1) is 15.6. The number of Topliss-reactive ketones (excluding diaryl/α,β-unsaturated/α-hetero) is 1. The van der Waals surface area contributed by atoms with Gasteiger partial charge >= 0.3 is 0 Å². The number of aryl methyl sites for hydroxylation is 3. The van der Waals surface area contributed by atoms with E-state index in [-0.39, 0.29) is 20.2 Å². The molecule has 0 heterocycles. The summed E-state index contributed by atoms with van der Waals surface area (Å²) in [4.78, 5) is 12.9. The standard InChI is InChI=1S/C18H19O2P/c1-12-9-13(2)17(14(3)10-12)18(19)16(11-21-20)15-7-5-4-6-8-15/h4-10,16H,11H2,1-3H3. The molecule has 0 bridgehead atoms. The topological polar surface area (TPSA) is 34.1 Å². The van der Waals surface area contributed by atoms with Crippen molar-refractivity contribution < 1.29 is 9.36 Å². The fraction of sp³-hybridized carbons (Fsp3) is 0.278. The minimum Gasteiger partial charge on any atom is -0.293 e. The Morgan fingerprint density at radius 2 is 1.62 bits per heavy atom. The van der Waals surface area contributed by atoms with E-state index in [1.807, 2.05) is 63.2 Å². The Morgan fingerprint density at radius 3 is 2.14 bits per heavy atom. The highest BCUT2D eigenvalue weighted by Gasteiger charge is 2.24. The second kappa shape index (κ2) is 6.78. The third-order valence-corrected chi connectivity index (χ3v) is 4.21. The number of hydrogen-bond acceptors (Lipinski definition) is 2. The average Bonchev–Trinajstić information content (AvgIpc) is 2.44. The summed E-state index contributed by atoms with van der Waals surface area (Å²) < 4.78 is 11.1. The SMILES string of the molecule is Cc1cc(C)c(C(=O)C(CP=O)c2ccccc2)c(C)c1. The molecule has 0 saturated heterocycles. The minimum absolute atomic E-state index is 0.00335. The van der Waals surface area contributed by atoms with Crippen LogP contribution in [0.2, 0.25) is 0 Å². The highest BCUT2D eigenvalue weighted by atomic mass is 31.1. The maximum absolute atomic E-state index is 12.9. The molecule has 108 valence electrons. The fourth-order valence-electron chi connectivity index (χ4n) is 2.84. The fourth-order valence-corrected chi connectivity index (χ4v) is 3.37. The first-order chi connectivity index (χ1) is 10.0. The van der Waals surface area contributed by atoms with Crippen molar-refractivity contribution in [2.75, 3.05) is 6.16 Å². The summed E-state index contributed by atoms with van der Waals surface area (Å²) in [5.41, 5.74) is 4.81. The van der Waals surface area contributed by atoms with Crippen LogP contribution >= 0.6 is 8.46 Å². The van der Waals surface area contributed by atoms with Crippen LogP contribution in [0, 0.1) is 20.8 Å². The second-order valence-corrected chi connectivity index (χ2v) is 6.04. The van der Waals surface area contributed by atoms with E-state index in [0.717, 1.165) is 27.8 Å². The van der Waals surface area contributed by atoms with Crippen molar-refractivity contribution in [1.82, 2.24) is 0 Å². The van der Waals surface area contributed by atoms with E-state index in [2.05, 4.69) is 0 Å². The summed E-state index contributed by atoms with van der Waals surface area (Å²) in [6.45, 7) is 5.95. The summed E-state index contributed by atoms with van der Waals surface area (Å²) in [7, 11) is -0.00335. The molecule has 0 N–H and O–H groups in total. The first-order valence-corrected chi connectivity index (χ1v) is 8.00. The van der Waals surface area contributed by atoms with E-state index < -0.39 is 0 Å². The lowest BCUT2D eigenvalue weighted by Gasteiger charge is -2.17. The van der Waals surface area contributed by atoms with Gasteiger partial charge in [0, 0.05) is 11.7 Å². The van der Waals surface area contributed by atoms with E-state index in [1.54, 1.807) is 0 Å². The van der Waals surface area contributed by atoms with Crippen molar-refractivity contribution >= 4 is 14.2 Å². The van der Waals surface area contributed by atoms with Crippen LogP contribution in [0.4, 0.5) is 0 Å². The predicted octanol–water partition coefficient (Wildman–Crippen LogP) is 4.87.